The van der Waals surface area contributed by atoms with Crippen molar-refractivity contribution in [1.82, 2.24) is 0 Å². The van der Waals surface area contributed by atoms with Crippen LogP contribution in [-0.2, 0) is 12.8 Å². The molecule has 4 aromatic rings. The van der Waals surface area contributed by atoms with Gasteiger partial charge in [-0.3, -0.25) is 0 Å². The molecule has 0 fully saturated rings. The topological polar surface area (TPSA) is 0 Å². The first kappa shape index (κ1) is 15.7. The van der Waals surface area contributed by atoms with Gasteiger partial charge in [-0.05, 0) is 68.5 Å². The summed E-state index contributed by atoms with van der Waals surface area (Å²) in [6.07, 6.45) is 1.95. The van der Waals surface area contributed by atoms with Crippen molar-refractivity contribution in [3.05, 3.63) is 142 Å². The molecule has 4 aromatic carbocycles. The predicted molar refractivity (Wildman–Crippen MR) is 116 cm³/mol. The lowest BCUT2D eigenvalue weighted by Crippen LogP contribution is -1.97. The molecular weight excluding hydrogens is 336 g/mol. The van der Waals surface area contributed by atoms with Crippen LogP contribution in [0.5, 0.6) is 0 Å². The van der Waals surface area contributed by atoms with E-state index in [4.69, 9.17) is 0 Å². The van der Waals surface area contributed by atoms with Crippen LogP contribution in [-0.4, -0.2) is 0 Å². The van der Waals surface area contributed by atoms with Gasteiger partial charge in [-0.25, -0.2) is 0 Å². The monoisotopic (exact) mass is 356 g/mol. The van der Waals surface area contributed by atoms with Gasteiger partial charge in [0.15, 0.2) is 0 Å². The lowest BCUT2D eigenvalue weighted by atomic mass is 9.86. The van der Waals surface area contributed by atoms with Crippen LogP contribution < -0.4 is 0 Å². The van der Waals surface area contributed by atoms with Gasteiger partial charge in [0.1, 0.15) is 0 Å². The second kappa shape index (κ2) is 6.07. The number of benzene rings is 4. The number of rotatable bonds is 0. The fraction of sp³-hybridized carbons (Fsp3) is 0.0714. The fourth-order valence-corrected chi connectivity index (χ4v) is 4.91. The van der Waals surface area contributed by atoms with Gasteiger partial charge in [-0.2, -0.15) is 0 Å². The first-order valence-electron chi connectivity index (χ1n) is 9.97. The zero-order valence-corrected chi connectivity index (χ0v) is 15.7. The molecule has 6 rings (SSSR count). The molecule has 0 radical (unpaired) electrons. The van der Waals surface area contributed by atoms with Crippen molar-refractivity contribution in [3.8, 4) is 0 Å². The zero-order valence-electron chi connectivity index (χ0n) is 15.7. The van der Waals surface area contributed by atoms with Crippen LogP contribution in [0.25, 0.3) is 11.1 Å². The highest BCUT2D eigenvalue weighted by Gasteiger charge is 2.28. The molecule has 0 N–H and O–H groups in total. The highest BCUT2D eigenvalue weighted by molar-refractivity contribution is 6.08. The largest absolute Gasteiger partial charge is 0.0619 e. The Labute approximate surface area is 165 Å². The quantitative estimate of drug-likeness (QED) is 0.291. The van der Waals surface area contributed by atoms with Crippen LogP contribution >= 0.6 is 0 Å². The zero-order chi connectivity index (χ0) is 18.5. The molecule has 2 aliphatic rings. The lowest BCUT2D eigenvalue weighted by molar-refractivity contribution is 1.16. The molecule has 2 aliphatic carbocycles. The van der Waals surface area contributed by atoms with Crippen molar-refractivity contribution in [3.63, 3.8) is 0 Å². The first-order chi connectivity index (χ1) is 13.9. The SMILES string of the molecule is c1ccc2c(c1)Cc1ccccc1C1=C2c2ccccc2Cc2ccccc21. The second-order valence-corrected chi connectivity index (χ2v) is 7.73. The Morgan fingerprint density at radius 1 is 0.321 bits per heavy atom. The molecule has 0 atom stereocenters. The van der Waals surface area contributed by atoms with E-state index in [1.807, 2.05) is 0 Å². The Bertz CT molecular complexity index is 1060. The smallest absolute Gasteiger partial charge is 0.00134 e. The Balaban J connectivity index is 1.85. The van der Waals surface area contributed by atoms with Crippen LogP contribution in [0.1, 0.15) is 44.5 Å². The molecule has 0 spiro atoms. The summed E-state index contributed by atoms with van der Waals surface area (Å²) in [6.45, 7) is 0. The Kier molecular flexibility index (Phi) is 3.39. The van der Waals surface area contributed by atoms with Crippen LogP contribution in [0, 0.1) is 0 Å². The van der Waals surface area contributed by atoms with Gasteiger partial charge in [0, 0.05) is 0 Å². The number of hydrogen-bond acceptors (Lipinski definition) is 0. The predicted octanol–water partition coefficient (Wildman–Crippen LogP) is 6.50. The van der Waals surface area contributed by atoms with E-state index >= 15 is 0 Å². The van der Waals surface area contributed by atoms with Crippen molar-refractivity contribution in [2.45, 2.75) is 12.8 Å². The van der Waals surface area contributed by atoms with E-state index in [-0.39, 0.29) is 0 Å². The van der Waals surface area contributed by atoms with Gasteiger partial charge < -0.3 is 0 Å². The van der Waals surface area contributed by atoms with Crippen molar-refractivity contribution in [1.29, 1.82) is 0 Å². The lowest BCUT2D eigenvalue weighted by Gasteiger charge is -2.17. The summed E-state index contributed by atoms with van der Waals surface area (Å²) in [6, 6.07) is 35.8. The normalized spacial score (nSPS) is 14.0. The molecule has 0 aromatic heterocycles. The average molecular weight is 356 g/mol. The minimum atomic E-state index is 0.976. The summed E-state index contributed by atoms with van der Waals surface area (Å²) in [4.78, 5) is 0. The van der Waals surface area contributed by atoms with Crippen molar-refractivity contribution >= 4 is 11.1 Å². The third kappa shape index (κ3) is 2.25. The van der Waals surface area contributed by atoms with Crippen LogP contribution in [0.2, 0.25) is 0 Å². The van der Waals surface area contributed by atoms with Crippen molar-refractivity contribution in [2.75, 3.05) is 0 Å². The van der Waals surface area contributed by atoms with E-state index in [0.29, 0.717) is 0 Å². The molecule has 132 valence electrons. The first-order valence-corrected chi connectivity index (χ1v) is 9.97. The van der Waals surface area contributed by atoms with Crippen molar-refractivity contribution < 1.29 is 0 Å². The molecule has 0 aliphatic heterocycles. The van der Waals surface area contributed by atoms with E-state index in [0.717, 1.165) is 12.8 Å². The number of hydrogen-bond donors (Lipinski definition) is 0. The summed E-state index contributed by atoms with van der Waals surface area (Å²) in [7, 11) is 0. The van der Waals surface area contributed by atoms with Gasteiger partial charge in [0.05, 0.1) is 0 Å². The van der Waals surface area contributed by atoms with Crippen LogP contribution in [0.15, 0.2) is 97.1 Å². The second-order valence-electron chi connectivity index (χ2n) is 7.73. The molecule has 0 unspecified atom stereocenters. The molecule has 0 amide bonds. The maximum Gasteiger partial charge on any atom is -0.00134 e. The Morgan fingerprint density at radius 3 is 0.857 bits per heavy atom. The summed E-state index contributed by atoms with van der Waals surface area (Å²) in [5.74, 6) is 0. The molecule has 28 heavy (non-hydrogen) atoms. The molecular formula is C28H20. The highest BCUT2D eigenvalue weighted by Crippen LogP contribution is 2.46. The number of fused-ring (bicyclic) bond motifs is 8. The maximum atomic E-state index is 2.31. The van der Waals surface area contributed by atoms with Gasteiger partial charge in [-0.15, -0.1) is 0 Å². The summed E-state index contributed by atoms with van der Waals surface area (Å²) in [5, 5.41) is 0. The van der Waals surface area contributed by atoms with Gasteiger partial charge in [0.25, 0.3) is 0 Å². The molecule has 0 heterocycles. The molecule has 0 saturated carbocycles. The Hall–Kier alpha value is -3.38. The molecule has 0 bridgehead atoms. The van der Waals surface area contributed by atoms with Gasteiger partial charge in [-0.1, -0.05) is 97.1 Å². The van der Waals surface area contributed by atoms with E-state index in [2.05, 4.69) is 97.1 Å². The van der Waals surface area contributed by atoms with E-state index in [1.165, 1.54) is 55.7 Å². The van der Waals surface area contributed by atoms with Gasteiger partial charge >= 0.3 is 0 Å². The van der Waals surface area contributed by atoms with Crippen molar-refractivity contribution in [2.24, 2.45) is 0 Å². The van der Waals surface area contributed by atoms with Crippen LogP contribution in [0.4, 0.5) is 0 Å². The third-order valence-electron chi connectivity index (χ3n) is 6.16. The van der Waals surface area contributed by atoms with E-state index in [9.17, 15) is 0 Å². The maximum absolute atomic E-state index is 2.31. The highest BCUT2D eigenvalue weighted by atomic mass is 14.3. The summed E-state index contributed by atoms with van der Waals surface area (Å²) in [5.41, 5.74) is 13.9. The van der Waals surface area contributed by atoms with E-state index in [1.54, 1.807) is 0 Å². The Morgan fingerprint density at radius 2 is 0.571 bits per heavy atom. The molecule has 0 heteroatoms. The van der Waals surface area contributed by atoms with E-state index < -0.39 is 0 Å². The molecule has 0 saturated heterocycles. The standard InChI is InChI=1S/C28H20/c1-5-13-23-19(9-1)17-20-10-2-6-14-24(20)28-26-16-8-4-12-22(26)18-21-11-3-7-15-25(21)27(23)28/h1-16H,17-18H2. The minimum absolute atomic E-state index is 0.976. The third-order valence-corrected chi connectivity index (χ3v) is 6.16. The van der Waals surface area contributed by atoms with Gasteiger partial charge in [0.2, 0.25) is 0 Å². The fourth-order valence-electron chi connectivity index (χ4n) is 4.91. The average Bonchev–Trinajstić information content (AvgIpc) is 2.98. The molecule has 0 nitrogen and oxygen atoms in total. The van der Waals surface area contributed by atoms with Crippen LogP contribution in [0.3, 0.4) is 0 Å². The minimum Gasteiger partial charge on any atom is -0.0619 e. The summed E-state index contributed by atoms with van der Waals surface area (Å²) < 4.78 is 0. The summed E-state index contributed by atoms with van der Waals surface area (Å²) >= 11 is 0.